The lowest BCUT2D eigenvalue weighted by Gasteiger charge is -2.09. The average molecular weight is 370 g/mol. The minimum Gasteiger partial charge on any atom is -0.457 e. The van der Waals surface area contributed by atoms with E-state index in [2.05, 4.69) is 15.3 Å². The van der Waals surface area contributed by atoms with E-state index in [1.807, 2.05) is 60.2 Å². The standard InChI is InChI=1S/C22H18N4O2/c1-16-23-13-14-26(16)21-12-9-18(15-24-21)25-22(27)17-7-10-20(11-8-17)28-19-5-3-2-4-6-19/h2-15H,1H3,(H,25,27). The Labute approximate surface area is 162 Å². The third-order valence-corrected chi connectivity index (χ3v) is 4.17. The number of hydrogen-bond donors (Lipinski definition) is 1. The van der Waals surface area contributed by atoms with E-state index in [-0.39, 0.29) is 5.91 Å². The predicted molar refractivity (Wildman–Crippen MR) is 107 cm³/mol. The van der Waals surface area contributed by atoms with Gasteiger partial charge in [0, 0.05) is 18.0 Å². The van der Waals surface area contributed by atoms with Crippen molar-refractivity contribution < 1.29 is 9.53 Å². The van der Waals surface area contributed by atoms with Crippen molar-refractivity contribution in [3.05, 3.63) is 96.7 Å². The second-order valence-electron chi connectivity index (χ2n) is 6.14. The molecule has 0 atom stereocenters. The molecule has 138 valence electrons. The summed E-state index contributed by atoms with van der Waals surface area (Å²) in [5.74, 6) is 2.81. The molecule has 2 aromatic heterocycles. The van der Waals surface area contributed by atoms with Gasteiger partial charge in [-0.05, 0) is 55.5 Å². The number of aryl methyl sites for hydroxylation is 1. The summed E-state index contributed by atoms with van der Waals surface area (Å²) in [5.41, 5.74) is 1.16. The Balaban J connectivity index is 1.41. The van der Waals surface area contributed by atoms with Gasteiger partial charge in [-0.3, -0.25) is 9.36 Å². The summed E-state index contributed by atoms with van der Waals surface area (Å²) in [5, 5.41) is 2.85. The Morgan fingerprint density at radius 1 is 0.929 bits per heavy atom. The smallest absolute Gasteiger partial charge is 0.255 e. The molecule has 0 unspecified atom stereocenters. The molecule has 0 bridgehead atoms. The van der Waals surface area contributed by atoms with Crippen LogP contribution < -0.4 is 10.1 Å². The normalized spacial score (nSPS) is 10.5. The van der Waals surface area contributed by atoms with E-state index in [0.29, 0.717) is 17.0 Å². The third kappa shape index (κ3) is 3.91. The summed E-state index contributed by atoms with van der Waals surface area (Å²) >= 11 is 0. The Morgan fingerprint density at radius 2 is 1.68 bits per heavy atom. The summed E-state index contributed by atoms with van der Waals surface area (Å²) in [6.45, 7) is 1.91. The fourth-order valence-corrected chi connectivity index (χ4v) is 2.72. The second kappa shape index (κ2) is 7.75. The van der Waals surface area contributed by atoms with Crippen molar-refractivity contribution in [2.45, 2.75) is 6.92 Å². The zero-order valence-electron chi connectivity index (χ0n) is 15.2. The number of aromatic nitrogens is 3. The van der Waals surface area contributed by atoms with Crippen molar-refractivity contribution in [1.82, 2.24) is 14.5 Å². The van der Waals surface area contributed by atoms with E-state index in [4.69, 9.17) is 4.74 Å². The Morgan fingerprint density at radius 3 is 2.32 bits per heavy atom. The fraction of sp³-hybridized carbons (Fsp3) is 0.0455. The number of amides is 1. The van der Waals surface area contributed by atoms with Gasteiger partial charge in [-0.25, -0.2) is 9.97 Å². The third-order valence-electron chi connectivity index (χ3n) is 4.17. The van der Waals surface area contributed by atoms with Crippen LogP contribution in [-0.4, -0.2) is 20.4 Å². The molecule has 4 rings (SSSR count). The van der Waals surface area contributed by atoms with E-state index < -0.39 is 0 Å². The van der Waals surface area contributed by atoms with E-state index in [0.717, 1.165) is 17.4 Å². The molecular formula is C22H18N4O2. The maximum absolute atomic E-state index is 12.5. The first-order valence-electron chi connectivity index (χ1n) is 8.80. The molecule has 0 fully saturated rings. The largest absolute Gasteiger partial charge is 0.457 e. The lowest BCUT2D eigenvalue weighted by Crippen LogP contribution is -2.12. The molecule has 0 aliphatic carbocycles. The monoisotopic (exact) mass is 370 g/mol. The molecule has 0 aliphatic rings. The molecule has 6 heteroatoms. The summed E-state index contributed by atoms with van der Waals surface area (Å²) in [6.07, 6.45) is 5.19. The minimum atomic E-state index is -0.209. The van der Waals surface area contributed by atoms with Gasteiger partial charge in [0.15, 0.2) is 0 Å². The Kier molecular flexibility index (Phi) is 4.84. The molecule has 0 saturated carbocycles. The van der Waals surface area contributed by atoms with Gasteiger partial charge in [0.25, 0.3) is 5.91 Å². The van der Waals surface area contributed by atoms with Crippen LogP contribution in [0.5, 0.6) is 11.5 Å². The Hall–Kier alpha value is -3.93. The highest BCUT2D eigenvalue weighted by Gasteiger charge is 2.08. The number of imidazole rings is 1. The first-order chi connectivity index (χ1) is 13.7. The highest BCUT2D eigenvalue weighted by Crippen LogP contribution is 2.21. The number of pyridine rings is 1. The number of carbonyl (C=O) groups is 1. The van der Waals surface area contributed by atoms with E-state index in [9.17, 15) is 4.79 Å². The summed E-state index contributed by atoms with van der Waals surface area (Å²) in [6, 6.07) is 20.1. The SMILES string of the molecule is Cc1nccn1-c1ccc(NC(=O)c2ccc(Oc3ccccc3)cc2)cn1. The summed E-state index contributed by atoms with van der Waals surface area (Å²) < 4.78 is 7.61. The number of ether oxygens (including phenoxy) is 1. The lowest BCUT2D eigenvalue weighted by atomic mass is 10.2. The highest BCUT2D eigenvalue weighted by atomic mass is 16.5. The molecule has 0 spiro atoms. The quantitative estimate of drug-likeness (QED) is 0.556. The van der Waals surface area contributed by atoms with Gasteiger partial charge in [0.2, 0.25) is 0 Å². The van der Waals surface area contributed by atoms with Gasteiger partial charge >= 0.3 is 0 Å². The van der Waals surface area contributed by atoms with Crippen molar-refractivity contribution in [3.8, 4) is 17.3 Å². The first-order valence-corrected chi connectivity index (χ1v) is 8.80. The molecule has 1 amide bonds. The first kappa shape index (κ1) is 17.5. The van der Waals surface area contributed by atoms with E-state index >= 15 is 0 Å². The van der Waals surface area contributed by atoms with Gasteiger partial charge in [-0.15, -0.1) is 0 Å². The fourth-order valence-electron chi connectivity index (χ4n) is 2.72. The average Bonchev–Trinajstić information content (AvgIpc) is 3.16. The topological polar surface area (TPSA) is 69.0 Å². The van der Waals surface area contributed by atoms with Crippen LogP contribution in [0.3, 0.4) is 0 Å². The van der Waals surface area contributed by atoms with Crippen LogP contribution in [-0.2, 0) is 0 Å². The number of nitrogens with one attached hydrogen (secondary N) is 1. The number of para-hydroxylation sites is 1. The van der Waals surface area contributed by atoms with Crippen molar-refractivity contribution in [2.75, 3.05) is 5.32 Å². The van der Waals surface area contributed by atoms with Crippen LogP contribution in [0.15, 0.2) is 85.3 Å². The maximum Gasteiger partial charge on any atom is 0.255 e. The molecule has 6 nitrogen and oxygen atoms in total. The molecule has 4 aromatic rings. The number of rotatable bonds is 5. The lowest BCUT2D eigenvalue weighted by molar-refractivity contribution is 0.102. The number of anilines is 1. The van der Waals surface area contributed by atoms with Gasteiger partial charge in [0.05, 0.1) is 11.9 Å². The van der Waals surface area contributed by atoms with Crippen LogP contribution in [0, 0.1) is 6.92 Å². The number of carbonyl (C=O) groups excluding carboxylic acids is 1. The predicted octanol–water partition coefficient (Wildman–Crippen LogP) is 4.62. The van der Waals surface area contributed by atoms with Crippen LogP contribution in [0.2, 0.25) is 0 Å². The van der Waals surface area contributed by atoms with Crippen LogP contribution >= 0.6 is 0 Å². The molecule has 0 saturated heterocycles. The number of hydrogen-bond acceptors (Lipinski definition) is 4. The molecular weight excluding hydrogens is 352 g/mol. The molecule has 2 heterocycles. The van der Waals surface area contributed by atoms with Crippen LogP contribution in [0.1, 0.15) is 16.2 Å². The second-order valence-corrected chi connectivity index (χ2v) is 6.14. The van der Waals surface area contributed by atoms with Crippen LogP contribution in [0.4, 0.5) is 5.69 Å². The Bertz CT molecular complexity index is 1070. The van der Waals surface area contributed by atoms with Crippen LogP contribution in [0.25, 0.3) is 5.82 Å². The van der Waals surface area contributed by atoms with Gasteiger partial charge in [-0.1, -0.05) is 18.2 Å². The maximum atomic E-state index is 12.5. The zero-order chi connectivity index (χ0) is 19.3. The van der Waals surface area contributed by atoms with Gasteiger partial charge < -0.3 is 10.1 Å². The van der Waals surface area contributed by atoms with Crippen molar-refractivity contribution in [1.29, 1.82) is 0 Å². The molecule has 28 heavy (non-hydrogen) atoms. The number of benzene rings is 2. The molecule has 0 aliphatic heterocycles. The minimum absolute atomic E-state index is 0.209. The van der Waals surface area contributed by atoms with Crippen molar-refractivity contribution in [3.63, 3.8) is 0 Å². The summed E-state index contributed by atoms with van der Waals surface area (Å²) in [4.78, 5) is 21.0. The zero-order valence-corrected chi connectivity index (χ0v) is 15.2. The molecule has 0 radical (unpaired) electrons. The summed E-state index contributed by atoms with van der Waals surface area (Å²) in [7, 11) is 0. The van der Waals surface area contributed by atoms with E-state index in [1.54, 1.807) is 36.7 Å². The molecule has 1 N–H and O–H groups in total. The highest BCUT2D eigenvalue weighted by molar-refractivity contribution is 6.04. The van der Waals surface area contributed by atoms with Gasteiger partial charge in [-0.2, -0.15) is 0 Å². The molecule has 2 aromatic carbocycles. The number of nitrogens with zero attached hydrogens (tertiary/aromatic N) is 3. The van der Waals surface area contributed by atoms with Crippen molar-refractivity contribution >= 4 is 11.6 Å². The van der Waals surface area contributed by atoms with E-state index in [1.165, 1.54) is 0 Å². The van der Waals surface area contributed by atoms with Gasteiger partial charge in [0.1, 0.15) is 23.1 Å². The van der Waals surface area contributed by atoms with Crippen molar-refractivity contribution in [2.24, 2.45) is 0 Å².